The van der Waals surface area contributed by atoms with Gasteiger partial charge < -0.3 is 15.1 Å². The molecule has 0 aliphatic heterocycles. The van der Waals surface area contributed by atoms with E-state index < -0.39 is 75.2 Å². The van der Waals surface area contributed by atoms with Gasteiger partial charge in [-0.1, -0.05) is 36.4 Å². The second-order valence-electron chi connectivity index (χ2n) is 11.6. The lowest BCUT2D eigenvalue weighted by Crippen LogP contribution is -2.58. The van der Waals surface area contributed by atoms with Gasteiger partial charge in [-0.25, -0.2) is 27.1 Å². The van der Waals surface area contributed by atoms with Crippen molar-refractivity contribution in [2.45, 2.75) is 30.3 Å². The first-order valence-electron chi connectivity index (χ1n) is 14.9. The largest absolute Gasteiger partial charge is 0.330 e. The van der Waals surface area contributed by atoms with Crippen LogP contribution in [0.2, 0.25) is 0 Å². The minimum atomic E-state index is -4.91. The van der Waals surface area contributed by atoms with Gasteiger partial charge in [0, 0.05) is 43.5 Å². The van der Waals surface area contributed by atoms with Crippen LogP contribution < -0.4 is 24.6 Å². The maximum Gasteiger partial charge on any atom is 0.330 e. The first-order valence-corrected chi connectivity index (χ1v) is 16.3. The quantitative estimate of drug-likeness (QED) is 0.199. The number of nitrogens with one attached hydrogen (secondary N) is 3. The van der Waals surface area contributed by atoms with E-state index in [4.69, 9.17) is 0 Å². The highest BCUT2D eigenvalue weighted by Crippen LogP contribution is 2.53. The highest BCUT2D eigenvalue weighted by atomic mass is 32.2. The van der Waals surface area contributed by atoms with Crippen molar-refractivity contribution in [2.75, 3.05) is 23.9 Å². The number of amides is 4. The third-order valence-electron chi connectivity index (χ3n) is 8.07. The number of carbonyl (C=O) groups excluding carboxylic acids is 3. The summed E-state index contributed by atoms with van der Waals surface area (Å²) in [5, 5.41) is 2.38. The Morgan fingerprint density at radius 2 is 1.27 bits per heavy atom. The smallest absolute Gasteiger partial charge is 0.322 e. The van der Waals surface area contributed by atoms with Gasteiger partial charge in [0.2, 0.25) is 5.91 Å². The normalized spacial score (nSPS) is 17.5. The Morgan fingerprint density at radius 3 is 1.80 bits per heavy atom. The van der Waals surface area contributed by atoms with Crippen molar-refractivity contribution in [2.24, 2.45) is 0 Å². The number of carbonyl (C=O) groups is 3. The number of anilines is 2. The summed E-state index contributed by atoms with van der Waals surface area (Å²) >= 11 is 0. The first kappa shape index (κ1) is 35.0. The first-order chi connectivity index (χ1) is 23.2. The molecule has 3 atom stereocenters. The van der Waals surface area contributed by atoms with E-state index in [-0.39, 0.29) is 17.5 Å². The van der Waals surface area contributed by atoms with E-state index in [9.17, 15) is 40.4 Å². The Bertz CT molecular complexity index is 1950. The maximum atomic E-state index is 14.1. The number of hydrogen-bond donors (Lipinski definition) is 3. The molecule has 0 saturated heterocycles. The zero-order valence-corrected chi connectivity index (χ0v) is 27.0. The fourth-order valence-corrected chi connectivity index (χ4v) is 6.57. The number of rotatable bonds is 11. The van der Waals surface area contributed by atoms with E-state index >= 15 is 0 Å². The predicted molar refractivity (Wildman–Crippen MR) is 174 cm³/mol. The molecule has 4 amide bonds. The van der Waals surface area contributed by atoms with Crippen LogP contribution in [0.25, 0.3) is 0 Å². The molecule has 3 N–H and O–H groups in total. The second-order valence-corrected chi connectivity index (χ2v) is 13.0. The van der Waals surface area contributed by atoms with E-state index in [1.807, 2.05) is 0 Å². The Labute approximate surface area is 279 Å². The topological polar surface area (TPSA) is 128 Å². The van der Waals surface area contributed by atoms with Crippen LogP contribution in [0.15, 0.2) is 97.1 Å². The summed E-state index contributed by atoms with van der Waals surface area (Å²) in [4.78, 5) is 43.0. The molecule has 256 valence electrons. The van der Waals surface area contributed by atoms with Gasteiger partial charge in [0.25, 0.3) is 5.91 Å². The van der Waals surface area contributed by atoms with Gasteiger partial charge in [-0.05, 0) is 72.5 Å². The van der Waals surface area contributed by atoms with E-state index in [1.165, 1.54) is 19.0 Å². The molecule has 1 fully saturated rings. The summed E-state index contributed by atoms with van der Waals surface area (Å²) in [6, 6.07) is 18.5. The third kappa shape index (κ3) is 8.24. The number of para-hydroxylation sites is 2. The SMILES string of the molecule is CN(C(=O)C(Cc1cc(F)cc(F)c1)NS(=O)(=O)NC(=O)N[C@]1(C(=O)N(C)c2ccccc2)CC1c1cc(F)cc(F)c1)c1ccccc1. The summed E-state index contributed by atoms with van der Waals surface area (Å²) in [7, 11) is -2.12. The molecule has 2 unspecified atom stereocenters. The van der Waals surface area contributed by atoms with Crippen LogP contribution in [-0.4, -0.2) is 51.9 Å². The molecule has 1 aliphatic carbocycles. The summed E-state index contributed by atoms with van der Waals surface area (Å²) in [5.41, 5.74) is -1.00. The molecule has 1 saturated carbocycles. The van der Waals surface area contributed by atoms with Crippen molar-refractivity contribution in [3.05, 3.63) is 131 Å². The molecule has 4 aromatic carbocycles. The van der Waals surface area contributed by atoms with E-state index in [1.54, 1.807) is 65.4 Å². The van der Waals surface area contributed by atoms with Crippen molar-refractivity contribution in [1.82, 2.24) is 14.8 Å². The highest BCUT2D eigenvalue weighted by Gasteiger charge is 2.63. The van der Waals surface area contributed by atoms with Crippen LogP contribution in [0.4, 0.5) is 33.7 Å². The van der Waals surface area contributed by atoms with Crippen LogP contribution in [0.5, 0.6) is 0 Å². The minimum absolute atomic E-state index is 0.0545. The van der Waals surface area contributed by atoms with Gasteiger partial charge in [-0.15, -0.1) is 0 Å². The number of likely N-dealkylation sites (N-methyl/N-ethyl adjacent to an activating group) is 2. The molecule has 0 spiro atoms. The highest BCUT2D eigenvalue weighted by molar-refractivity contribution is 7.88. The molecule has 0 bridgehead atoms. The van der Waals surface area contributed by atoms with Crippen LogP contribution in [0, 0.1) is 23.3 Å². The van der Waals surface area contributed by atoms with Crippen molar-refractivity contribution in [1.29, 1.82) is 0 Å². The van der Waals surface area contributed by atoms with E-state index in [0.29, 0.717) is 23.5 Å². The van der Waals surface area contributed by atoms with Gasteiger partial charge >= 0.3 is 16.2 Å². The standard InChI is InChI=1S/C34H31F4N5O5S/c1-42(27-9-5-3-6-10-27)31(44)30(15-21-13-23(35)18-24(36)14-21)40-49(47,48)41-33(46)39-34(32(45)43(2)28-11-7-4-8-12-28)20-29(34)22-16-25(37)19-26(38)17-22/h3-14,16-19,29-30,40H,15,20H2,1-2H3,(H2,39,41,46)/t29?,30?,34-/m1/s1. The molecule has 15 heteroatoms. The van der Waals surface area contributed by atoms with Crippen molar-refractivity contribution >= 4 is 39.4 Å². The summed E-state index contributed by atoms with van der Waals surface area (Å²) in [6.45, 7) is 0. The lowest BCUT2D eigenvalue weighted by atomic mass is 10.0. The number of halogens is 4. The van der Waals surface area contributed by atoms with Gasteiger partial charge in [0.1, 0.15) is 34.8 Å². The lowest BCUT2D eigenvalue weighted by molar-refractivity contribution is -0.121. The molecule has 0 heterocycles. The van der Waals surface area contributed by atoms with Gasteiger partial charge in [0.15, 0.2) is 0 Å². The van der Waals surface area contributed by atoms with E-state index in [0.717, 1.165) is 29.2 Å². The fraction of sp³-hybridized carbons (Fsp3) is 0.206. The Morgan fingerprint density at radius 1 is 0.776 bits per heavy atom. The monoisotopic (exact) mass is 697 g/mol. The average Bonchev–Trinajstić information content (AvgIpc) is 3.77. The van der Waals surface area contributed by atoms with Gasteiger partial charge in [-0.3, -0.25) is 9.59 Å². The van der Waals surface area contributed by atoms with Gasteiger partial charge in [0.05, 0.1) is 0 Å². The lowest BCUT2D eigenvalue weighted by Gasteiger charge is -2.27. The zero-order chi connectivity index (χ0) is 35.5. The molecule has 4 aromatic rings. The summed E-state index contributed by atoms with van der Waals surface area (Å²) < 4.78 is 86.7. The summed E-state index contributed by atoms with van der Waals surface area (Å²) in [6.07, 6.45) is -0.633. The number of urea groups is 1. The van der Waals surface area contributed by atoms with Crippen LogP contribution in [-0.2, 0) is 26.2 Å². The molecule has 5 rings (SSSR count). The van der Waals surface area contributed by atoms with Gasteiger partial charge in [-0.2, -0.15) is 13.1 Å². The fourth-order valence-electron chi connectivity index (χ4n) is 5.66. The molecule has 49 heavy (non-hydrogen) atoms. The Hall–Kier alpha value is -5.28. The Balaban J connectivity index is 1.39. The number of nitrogens with zero attached hydrogens (tertiary/aromatic N) is 2. The molecule has 0 aromatic heterocycles. The average molecular weight is 698 g/mol. The maximum absolute atomic E-state index is 14.1. The molecular formula is C34H31F4N5O5S. The third-order valence-corrected chi connectivity index (χ3v) is 9.12. The predicted octanol–water partition coefficient (Wildman–Crippen LogP) is 4.54. The van der Waals surface area contributed by atoms with Crippen molar-refractivity contribution < 1.29 is 40.4 Å². The van der Waals surface area contributed by atoms with Crippen LogP contribution in [0.3, 0.4) is 0 Å². The molecule has 1 aliphatic rings. The minimum Gasteiger partial charge on any atom is -0.322 e. The van der Waals surface area contributed by atoms with Crippen LogP contribution >= 0.6 is 0 Å². The number of hydrogen-bond acceptors (Lipinski definition) is 5. The Kier molecular flexibility index (Phi) is 10.1. The van der Waals surface area contributed by atoms with Crippen molar-refractivity contribution in [3.63, 3.8) is 0 Å². The number of benzene rings is 4. The molecule has 0 radical (unpaired) electrons. The molecular weight excluding hydrogens is 666 g/mol. The molecule has 10 nitrogen and oxygen atoms in total. The van der Waals surface area contributed by atoms with E-state index in [2.05, 4.69) is 10.0 Å². The van der Waals surface area contributed by atoms with Crippen molar-refractivity contribution in [3.8, 4) is 0 Å². The summed E-state index contributed by atoms with van der Waals surface area (Å²) in [5.74, 6) is -6.19. The second kappa shape index (κ2) is 14.1. The van der Waals surface area contributed by atoms with Crippen LogP contribution in [0.1, 0.15) is 23.5 Å². The zero-order valence-electron chi connectivity index (χ0n) is 26.2.